The van der Waals surface area contributed by atoms with Crippen LogP contribution in [0.2, 0.25) is 0 Å². The van der Waals surface area contributed by atoms with E-state index in [1.807, 2.05) is 0 Å². The zero-order chi connectivity index (χ0) is 13.4. The second-order valence-electron chi connectivity index (χ2n) is 5.38. The fourth-order valence-corrected chi connectivity index (χ4v) is 4.09. The van der Waals surface area contributed by atoms with Crippen LogP contribution in [0.5, 0.6) is 0 Å². The molecule has 0 aromatic rings. The van der Waals surface area contributed by atoms with Crippen LogP contribution in [0.3, 0.4) is 0 Å². The summed E-state index contributed by atoms with van der Waals surface area (Å²) in [6.45, 7) is -0.298. The Bertz CT molecular complexity index is 362. The van der Waals surface area contributed by atoms with Gasteiger partial charge in [0.1, 0.15) is 29.8 Å². The summed E-state index contributed by atoms with van der Waals surface area (Å²) in [4.78, 5) is 4.43. The topological polar surface area (TPSA) is 94.3 Å². The molecule has 3 rings (SSSR count). The van der Waals surface area contributed by atoms with E-state index in [2.05, 4.69) is 10.3 Å². The third-order valence-electron chi connectivity index (χ3n) is 4.03. The predicted molar refractivity (Wildman–Crippen MR) is 72.0 cm³/mol. The lowest BCUT2D eigenvalue weighted by Crippen LogP contribution is -2.55. The Kier molecular flexibility index (Phi) is 4.00. The van der Waals surface area contributed by atoms with Crippen LogP contribution in [0, 0.1) is 0 Å². The van der Waals surface area contributed by atoms with Crippen molar-refractivity contribution in [1.82, 2.24) is 5.32 Å². The van der Waals surface area contributed by atoms with Crippen molar-refractivity contribution in [2.75, 3.05) is 6.61 Å². The van der Waals surface area contributed by atoms with Crippen LogP contribution in [0.4, 0.5) is 0 Å². The van der Waals surface area contributed by atoms with Gasteiger partial charge >= 0.3 is 0 Å². The lowest BCUT2D eigenvalue weighted by atomic mass is 9.99. The highest BCUT2D eigenvalue weighted by Crippen LogP contribution is 2.36. The Morgan fingerprint density at radius 3 is 2.68 bits per heavy atom. The van der Waals surface area contributed by atoms with Gasteiger partial charge in [-0.25, -0.2) is 0 Å². The SMILES string of the molecule is OCC1OC2SC(NC3CCCC3)=NC2C(O)C1O. The van der Waals surface area contributed by atoms with Gasteiger partial charge in [0, 0.05) is 6.04 Å². The van der Waals surface area contributed by atoms with Crippen LogP contribution < -0.4 is 5.32 Å². The van der Waals surface area contributed by atoms with Crippen molar-refractivity contribution in [3.05, 3.63) is 0 Å². The van der Waals surface area contributed by atoms with E-state index >= 15 is 0 Å². The standard InChI is InChI=1S/C12H20N2O4S/c15-5-7-9(16)10(17)8-11(18-7)19-12(14-8)13-6-3-1-2-4-6/h6-11,15-17H,1-5H2,(H,13,14). The first-order valence-corrected chi connectivity index (χ1v) is 7.70. The van der Waals surface area contributed by atoms with E-state index < -0.39 is 24.4 Å². The van der Waals surface area contributed by atoms with Crippen LogP contribution in [0.25, 0.3) is 0 Å². The van der Waals surface area contributed by atoms with E-state index in [1.165, 1.54) is 24.6 Å². The van der Waals surface area contributed by atoms with Gasteiger partial charge in [0.25, 0.3) is 0 Å². The Morgan fingerprint density at radius 2 is 2.00 bits per heavy atom. The highest BCUT2D eigenvalue weighted by atomic mass is 32.2. The van der Waals surface area contributed by atoms with Crippen molar-refractivity contribution in [3.63, 3.8) is 0 Å². The van der Waals surface area contributed by atoms with Crippen LogP contribution in [-0.2, 0) is 4.74 Å². The van der Waals surface area contributed by atoms with Crippen molar-refractivity contribution in [2.45, 2.75) is 61.5 Å². The number of nitrogens with one attached hydrogen (secondary N) is 1. The number of thioether (sulfide) groups is 1. The molecule has 19 heavy (non-hydrogen) atoms. The van der Waals surface area contributed by atoms with Crippen LogP contribution in [-0.4, -0.2) is 62.9 Å². The molecule has 1 aliphatic carbocycles. The molecule has 1 saturated heterocycles. The predicted octanol–water partition coefficient (Wildman–Crippen LogP) is -0.571. The minimum absolute atomic E-state index is 0.298. The van der Waals surface area contributed by atoms with Gasteiger partial charge < -0.3 is 25.4 Å². The Balaban J connectivity index is 1.65. The zero-order valence-electron chi connectivity index (χ0n) is 10.6. The summed E-state index contributed by atoms with van der Waals surface area (Å²) in [7, 11) is 0. The third kappa shape index (κ3) is 2.62. The molecule has 0 amide bonds. The molecule has 0 aromatic heterocycles. The van der Waals surface area contributed by atoms with Gasteiger partial charge in [0.2, 0.25) is 0 Å². The molecule has 4 N–H and O–H groups in total. The number of aliphatic hydroxyl groups is 3. The van der Waals surface area contributed by atoms with Crippen molar-refractivity contribution < 1.29 is 20.1 Å². The monoisotopic (exact) mass is 288 g/mol. The van der Waals surface area contributed by atoms with E-state index in [-0.39, 0.29) is 12.0 Å². The molecule has 2 fully saturated rings. The number of hydrogen-bond donors (Lipinski definition) is 4. The molecule has 1 saturated carbocycles. The van der Waals surface area contributed by atoms with Gasteiger partial charge in [0.05, 0.1) is 6.61 Å². The number of aliphatic imine (C=N–C) groups is 1. The summed E-state index contributed by atoms with van der Waals surface area (Å²) >= 11 is 1.44. The molecule has 108 valence electrons. The maximum atomic E-state index is 10.0. The number of hydrogen-bond acceptors (Lipinski definition) is 7. The minimum atomic E-state index is -1.08. The summed E-state index contributed by atoms with van der Waals surface area (Å²) in [6, 6.07) is 0.00816. The molecular weight excluding hydrogens is 268 g/mol. The van der Waals surface area contributed by atoms with Gasteiger partial charge in [0.15, 0.2) is 5.17 Å². The van der Waals surface area contributed by atoms with E-state index in [0.29, 0.717) is 6.04 Å². The summed E-state index contributed by atoms with van der Waals surface area (Å²) in [6.07, 6.45) is 2.00. The smallest absolute Gasteiger partial charge is 0.159 e. The van der Waals surface area contributed by atoms with Gasteiger partial charge in [-0.3, -0.25) is 4.99 Å². The molecule has 2 aliphatic heterocycles. The molecule has 0 aromatic carbocycles. The Hall–Kier alpha value is -0.340. The number of nitrogens with zero attached hydrogens (tertiary/aromatic N) is 1. The lowest BCUT2D eigenvalue weighted by Gasteiger charge is -2.37. The molecule has 3 aliphatic rings. The lowest BCUT2D eigenvalue weighted by molar-refractivity contribution is -0.164. The molecule has 0 radical (unpaired) electrons. The van der Waals surface area contributed by atoms with Crippen LogP contribution in [0.15, 0.2) is 4.99 Å². The molecule has 0 spiro atoms. The van der Waals surface area contributed by atoms with Gasteiger partial charge in [-0.05, 0) is 12.8 Å². The van der Waals surface area contributed by atoms with Crippen LogP contribution >= 0.6 is 11.8 Å². The summed E-state index contributed by atoms with van der Waals surface area (Å²) in [5.41, 5.74) is -0.320. The maximum Gasteiger partial charge on any atom is 0.159 e. The molecular formula is C12H20N2O4S. The third-order valence-corrected chi connectivity index (χ3v) is 5.09. The first-order valence-electron chi connectivity index (χ1n) is 6.82. The number of rotatable bonds is 2. The number of aliphatic hydroxyl groups excluding tert-OH is 3. The minimum Gasteiger partial charge on any atom is -0.394 e. The van der Waals surface area contributed by atoms with E-state index in [1.54, 1.807) is 0 Å². The normalized spacial score (nSPS) is 43.1. The molecule has 5 atom stereocenters. The number of amidine groups is 1. The fraction of sp³-hybridized carbons (Fsp3) is 0.917. The van der Waals surface area contributed by atoms with Crippen molar-refractivity contribution in [1.29, 1.82) is 0 Å². The first-order chi connectivity index (χ1) is 9.19. The van der Waals surface area contributed by atoms with Crippen molar-refractivity contribution in [2.24, 2.45) is 4.99 Å². The Labute approximate surface area is 116 Å². The van der Waals surface area contributed by atoms with E-state index in [0.717, 1.165) is 18.0 Å². The molecule has 7 heteroatoms. The molecule has 5 unspecified atom stereocenters. The van der Waals surface area contributed by atoms with E-state index in [4.69, 9.17) is 9.84 Å². The quantitative estimate of drug-likeness (QED) is 0.544. The maximum absolute atomic E-state index is 10.0. The average molecular weight is 288 g/mol. The van der Waals surface area contributed by atoms with Crippen molar-refractivity contribution >= 4 is 16.9 Å². The second-order valence-corrected chi connectivity index (χ2v) is 6.46. The Morgan fingerprint density at radius 1 is 1.26 bits per heavy atom. The summed E-state index contributed by atoms with van der Waals surface area (Å²) in [5, 5.41) is 33.2. The number of ether oxygens (including phenoxy) is 1. The van der Waals surface area contributed by atoms with Gasteiger partial charge in [-0.1, -0.05) is 24.6 Å². The molecule has 2 heterocycles. The second kappa shape index (κ2) is 5.57. The highest BCUT2D eigenvalue weighted by molar-refractivity contribution is 8.14. The zero-order valence-corrected chi connectivity index (χ0v) is 11.4. The van der Waals surface area contributed by atoms with Gasteiger partial charge in [-0.15, -0.1) is 0 Å². The summed E-state index contributed by atoms with van der Waals surface area (Å²) < 4.78 is 5.59. The highest BCUT2D eigenvalue weighted by Gasteiger charge is 2.48. The van der Waals surface area contributed by atoms with Crippen molar-refractivity contribution in [3.8, 4) is 0 Å². The fourth-order valence-electron chi connectivity index (χ4n) is 2.89. The van der Waals surface area contributed by atoms with Gasteiger partial charge in [-0.2, -0.15) is 0 Å². The van der Waals surface area contributed by atoms with Crippen LogP contribution in [0.1, 0.15) is 25.7 Å². The largest absolute Gasteiger partial charge is 0.394 e. The average Bonchev–Trinajstić information content (AvgIpc) is 3.03. The molecule has 0 bridgehead atoms. The number of fused-ring (bicyclic) bond motifs is 1. The summed E-state index contributed by atoms with van der Waals surface area (Å²) in [5.74, 6) is 0. The first kappa shape index (κ1) is 13.6. The molecule has 6 nitrogen and oxygen atoms in total. The van der Waals surface area contributed by atoms with E-state index in [9.17, 15) is 10.2 Å².